The maximum atomic E-state index is 13.2. The summed E-state index contributed by atoms with van der Waals surface area (Å²) in [5, 5.41) is 4.81. The third kappa shape index (κ3) is 8.28. The lowest BCUT2D eigenvalue weighted by molar-refractivity contribution is -0.143. The molecule has 2 N–H and O–H groups in total. The first-order valence-electron chi connectivity index (χ1n) is 13.9. The highest BCUT2D eigenvalue weighted by Crippen LogP contribution is 2.37. The molecule has 6 nitrogen and oxygen atoms in total. The summed E-state index contributed by atoms with van der Waals surface area (Å²) < 4.78 is 85.0. The molecule has 0 radical (unpaired) electrons. The van der Waals surface area contributed by atoms with Gasteiger partial charge < -0.3 is 15.4 Å². The number of nitrogens with one attached hydrogen (secondary N) is 2. The van der Waals surface area contributed by atoms with Crippen molar-refractivity contribution >= 4 is 11.7 Å². The second-order valence-electron chi connectivity index (χ2n) is 10.6. The minimum absolute atomic E-state index is 0.0233. The molecule has 2 aliphatic rings. The van der Waals surface area contributed by atoms with Gasteiger partial charge in [-0.1, -0.05) is 43.9 Å². The first kappa shape index (κ1) is 31.0. The van der Waals surface area contributed by atoms with Gasteiger partial charge in [0, 0.05) is 50.0 Å². The second kappa shape index (κ2) is 13.3. The highest BCUT2D eigenvalue weighted by molar-refractivity contribution is 5.89. The van der Waals surface area contributed by atoms with Crippen molar-refractivity contribution in [2.24, 2.45) is 0 Å². The van der Waals surface area contributed by atoms with E-state index in [-0.39, 0.29) is 18.7 Å². The molecule has 12 heteroatoms. The number of urea groups is 1. The number of halogens is 6. The van der Waals surface area contributed by atoms with Gasteiger partial charge in [0.1, 0.15) is 5.75 Å². The van der Waals surface area contributed by atoms with Crippen LogP contribution in [0.15, 0.2) is 42.5 Å². The zero-order valence-electron chi connectivity index (χ0n) is 23.0. The van der Waals surface area contributed by atoms with Crippen LogP contribution in [0.3, 0.4) is 0 Å². The first-order chi connectivity index (χ1) is 19.5. The van der Waals surface area contributed by atoms with Gasteiger partial charge in [-0.15, -0.1) is 0 Å². The summed E-state index contributed by atoms with van der Waals surface area (Å²) in [5.41, 5.74) is -2.77. The molecule has 1 heterocycles. The monoisotopic (exact) mass is 586 g/mol. The summed E-state index contributed by atoms with van der Waals surface area (Å²) in [6, 6.07) is 7.73. The molecule has 2 amide bonds. The highest BCUT2D eigenvalue weighted by Gasteiger charge is 2.37. The molecule has 41 heavy (non-hydrogen) atoms. The molecular weight excluding hydrogens is 550 g/mol. The highest BCUT2D eigenvalue weighted by atomic mass is 19.4. The Hall–Kier alpha value is -2.99. The van der Waals surface area contributed by atoms with Crippen molar-refractivity contribution in [3.05, 3.63) is 59.2 Å². The number of carbonyl (C=O) groups is 1. The van der Waals surface area contributed by atoms with Crippen LogP contribution in [0.1, 0.15) is 61.3 Å². The van der Waals surface area contributed by atoms with Crippen molar-refractivity contribution in [1.82, 2.24) is 15.1 Å². The lowest BCUT2D eigenvalue weighted by Gasteiger charge is -2.42. The van der Waals surface area contributed by atoms with Gasteiger partial charge >= 0.3 is 18.4 Å². The topological polar surface area (TPSA) is 56.8 Å². The van der Waals surface area contributed by atoms with Gasteiger partial charge in [0.25, 0.3) is 0 Å². The van der Waals surface area contributed by atoms with E-state index in [2.05, 4.69) is 20.4 Å². The van der Waals surface area contributed by atoms with Crippen LogP contribution >= 0.6 is 0 Å². The predicted octanol–water partition coefficient (Wildman–Crippen LogP) is 6.94. The maximum Gasteiger partial charge on any atom is 0.416 e. The number of piperazine rings is 1. The molecule has 2 aromatic carbocycles. The van der Waals surface area contributed by atoms with Gasteiger partial charge in [0.2, 0.25) is 0 Å². The average molecular weight is 587 g/mol. The van der Waals surface area contributed by atoms with Crippen LogP contribution < -0.4 is 15.4 Å². The van der Waals surface area contributed by atoms with Crippen LogP contribution in [0.5, 0.6) is 5.75 Å². The fraction of sp³-hybridized carbons (Fsp3) is 0.552. The van der Waals surface area contributed by atoms with Crippen LogP contribution in [0.2, 0.25) is 0 Å². The summed E-state index contributed by atoms with van der Waals surface area (Å²) in [6.07, 6.45) is -2.60. The number of ether oxygens (including phenoxy) is 1. The Morgan fingerprint density at radius 3 is 2.05 bits per heavy atom. The Labute approximate surface area is 236 Å². The predicted molar refractivity (Wildman–Crippen MR) is 144 cm³/mol. The van der Waals surface area contributed by atoms with Crippen molar-refractivity contribution < 1.29 is 35.9 Å². The number of nitrogens with zero attached hydrogens (tertiary/aromatic N) is 2. The molecule has 1 saturated carbocycles. The Balaban J connectivity index is 1.47. The van der Waals surface area contributed by atoms with Gasteiger partial charge in [-0.3, -0.25) is 9.80 Å². The van der Waals surface area contributed by atoms with E-state index in [1.165, 1.54) is 38.5 Å². The minimum atomic E-state index is -5.01. The quantitative estimate of drug-likeness (QED) is 0.273. The number of amides is 2. The first-order valence-corrected chi connectivity index (χ1v) is 13.9. The van der Waals surface area contributed by atoms with Crippen molar-refractivity contribution in [2.45, 2.75) is 63.0 Å². The Morgan fingerprint density at radius 1 is 0.902 bits per heavy atom. The number of methoxy groups -OCH3 is 1. The summed E-state index contributed by atoms with van der Waals surface area (Å²) in [6.45, 7) is 3.29. The SMILES string of the molecule is COc1ccccc1C(CNC(=O)Nc1cc(C(F)(F)F)cc(C(F)(F)F)c1)N1CCN(C2CCCCCC2)CC1. The smallest absolute Gasteiger partial charge is 0.416 e. The normalized spacial score (nSPS) is 18.9. The maximum absolute atomic E-state index is 13.2. The number of para-hydroxylation sites is 1. The molecule has 1 atom stereocenters. The van der Waals surface area contributed by atoms with Crippen LogP contribution in [-0.4, -0.2) is 61.7 Å². The number of hydrogen-bond donors (Lipinski definition) is 2. The third-order valence-corrected chi connectivity index (χ3v) is 7.93. The lowest BCUT2D eigenvalue weighted by atomic mass is 10.0. The number of alkyl halides is 6. The summed E-state index contributed by atoms with van der Waals surface area (Å²) >= 11 is 0. The van der Waals surface area contributed by atoms with Crippen LogP contribution in [-0.2, 0) is 12.4 Å². The molecule has 4 rings (SSSR count). The third-order valence-electron chi connectivity index (χ3n) is 7.93. The fourth-order valence-electron chi connectivity index (χ4n) is 5.81. The Kier molecular flexibility index (Phi) is 10.1. The molecule has 1 unspecified atom stereocenters. The molecule has 1 saturated heterocycles. The van der Waals surface area contributed by atoms with Crippen LogP contribution in [0.4, 0.5) is 36.8 Å². The average Bonchev–Trinajstić information content (AvgIpc) is 3.22. The van der Waals surface area contributed by atoms with E-state index in [1.54, 1.807) is 7.11 Å². The van der Waals surface area contributed by atoms with Crippen molar-refractivity contribution in [2.75, 3.05) is 45.2 Å². The number of benzene rings is 2. The van der Waals surface area contributed by atoms with E-state index in [0.717, 1.165) is 31.7 Å². The molecule has 1 aliphatic heterocycles. The molecule has 0 aromatic heterocycles. The Morgan fingerprint density at radius 2 is 1.49 bits per heavy atom. The van der Waals surface area contributed by atoms with Gasteiger partial charge in [-0.05, 0) is 37.1 Å². The summed E-state index contributed by atoms with van der Waals surface area (Å²) in [5.74, 6) is 0.624. The van der Waals surface area contributed by atoms with Gasteiger partial charge in [-0.2, -0.15) is 26.3 Å². The Bertz CT molecular complexity index is 1120. The second-order valence-corrected chi connectivity index (χ2v) is 10.6. The molecular formula is C29H36F6N4O2. The number of hydrogen-bond acceptors (Lipinski definition) is 4. The van der Waals surface area contributed by atoms with Gasteiger partial charge in [-0.25, -0.2) is 4.79 Å². The number of carbonyl (C=O) groups excluding carboxylic acids is 1. The van der Waals surface area contributed by atoms with E-state index >= 15 is 0 Å². The van der Waals surface area contributed by atoms with E-state index in [0.29, 0.717) is 23.9 Å². The van der Waals surface area contributed by atoms with Gasteiger partial charge in [0.15, 0.2) is 0 Å². The van der Waals surface area contributed by atoms with Crippen LogP contribution in [0.25, 0.3) is 0 Å². The van der Waals surface area contributed by atoms with Crippen molar-refractivity contribution in [3.63, 3.8) is 0 Å². The van der Waals surface area contributed by atoms with E-state index in [1.807, 2.05) is 24.3 Å². The molecule has 226 valence electrons. The largest absolute Gasteiger partial charge is 0.496 e. The standard InChI is InChI=1S/C29H36F6N4O2/c1-41-26-11-7-6-10-24(26)25(39-14-12-38(13-15-39)23-8-4-2-3-5-9-23)19-36-27(40)37-22-17-20(28(30,31)32)16-21(18-22)29(33,34)35/h6-7,10-11,16-18,23,25H,2-5,8-9,12-15,19H2,1H3,(H2,36,37,40). The lowest BCUT2D eigenvalue weighted by Crippen LogP contribution is -2.52. The van der Waals surface area contributed by atoms with E-state index in [9.17, 15) is 31.1 Å². The van der Waals surface area contributed by atoms with Crippen molar-refractivity contribution in [1.29, 1.82) is 0 Å². The van der Waals surface area contributed by atoms with E-state index < -0.39 is 35.2 Å². The molecule has 0 bridgehead atoms. The summed E-state index contributed by atoms with van der Waals surface area (Å²) in [4.78, 5) is 17.5. The zero-order valence-corrected chi connectivity index (χ0v) is 23.0. The fourth-order valence-corrected chi connectivity index (χ4v) is 5.81. The number of rotatable bonds is 7. The minimum Gasteiger partial charge on any atom is -0.496 e. The van der Waals surface area contributed by atoms with Gasteiger partial charge in [0.05, 0.1) is 24.3 Å². The molecule has 1 aliphatic carbocycles. The zero-order chi connectivity index (χ0) is 29.6. The van der Waals surface area contributed by atoms with Crippen LogP contribution in [0, 0.1) is 0 Å². The van der Waals surface area contributed by atoms with E-state index in [4.69, 9.17) is 4.74 Å². The molecule has 2 aromatic rings. The molecule has 2 fully saturated rings. The van der Waals surface area contributed by atoms with Crippen molar-refractivity contribution in [3.8, 4) is 5.75 Å². The summed E-state index contributed by atoms with van der Waals surface area (Å²) in [7, 11) is 1.55. The number of anilines is 1. The molecule has 0 spiro atoms.